The number of hydrogen-bond donors (Lipinski definition) is 1. The van der Waals surface area contributed by atoms with Crippen LogP contribution in [0.5, 0.6) is 17.2 Å². The SMILES string of the molecule is CCc1ccc(NC(=O)COc2ccc3c(=O)c(Oc4cc(C)c(Cl)c(C)c4)coc3c2)cc1. The number of halogens is 1. The van der Waals surface area contributed by atoms with E-state index in [1.165, 1.54) is 11.8 Å². The van der Waals surface area contributed by atoms with Crippen LogP contribution in [0, 0.1) is 13.8 Å². The van der Waals surface area contributed by atoms with E-state index in [1.807, 2.05) is 38.1 Å². The van der Waals surface area contributed by atoms with E-state index in [0.29, 0.717) is 33.2 Å². The first-order valence-electron chi connectivity index (χ1n) is 10.9. The molecular weight excluding hydrogens is 454 g/mol. The Bertz CT molecular complexity index is 1390. The maximum Gasteiger partial charge on any atom is 0.262 e. The number of rotatable bonds is 7. The Labute approximate surface area is 202 Å². The van der Waals surface area contributed by atoms with Crippen LogP contribution in [0.25, 0.3) is 11.0 Å². The molecule has 174 valence electrons. The summed E-state index contributed by atoms with van der Waals surface area (Å²) in [5, 5.41) is 3.79. The third-order valence-corrected chi connectivity index (χ3v) is 5.96. The maximum atomic E-state index is 12.9. The van der Waals surface area contributed by atoms with E-state index < -0.39 is 0 Å². The third kappa shape index (κ3) is 5.24. The van der Waals surface area contributed by atoms with Crippen molar-refractivity contribution in [3.8, 4) is 17.2 Å². The second-order valence-electron chi connectivity index (χ2n) is 7.95. The van der Waals surface area contributed by atoms with Crippen molar-refractivity contribution in [3.63, 3.8) is 0 Å². The predicted octanol–water partition coefficient (Wildman–Crippen LogP) is 6.44. The van der Waals surface area contributed by atoms with Gasteiger partial charge in [0.1, 0.15) is 23.3 Å². The second-order valence-corrected chi connectivity index (χ2v) is 8.33. The Kier molecular flexibility index (Phi) is 6.89. The van der Waals surface area contributed by atoms with Gasteiger partial charge in [-0.1, -0.05) is 30.7 Å². The smallest absolute Gasteiger partial charge is 0.262 e. The van der Waals surface area contributed by atoms with E-state index >= 15 is 0 Å². The molecule has 0 aliphatic carbocycles. The molecule has 1 amide bonds. The summed E-state index contributed by atoms with van der Waals surface area (Å²) in [6.07, 6.45) is 2.20. The summed E-state index contributed by atoms with van der Waals surface area (Å²) in [5.41, 5.74) is 3.62. The van der Waals surface area contributed by atoms with Gasteiger partial charge >= 0.3 is 0 Å². The quantitative estimate of drug-likeness (QED) is 0.331. The Morgan fingerprint density at radius 3 is 2.38 bits per heavy atom. The van der Waals surface area contributed by atoms with E-state index in [4.69, 9.17) is 25.5 Å². The number of anilines is 1. The number of ether oxygens (including phenoxy) is 2. The molecule has 0 saturated heterocycles. The van der Waals surface area contributed by atoms with Gasteiger partial charge in [0.25, 0.3) is 5.91 Å². The minimum Gasteiger partial charge on any atom is -0.484 e. The fourth-order valence-electron chi connectivity index (χ4n) is 3.51. The summed E-state index contributed by atoms with van der Waals surface area (Å²) in [6, 6.07) is 15.9. The van der Waals surface area contributed by atoms with Crippen LogP contribution in [-0.2, 0) is 11.2 Å². The van der Waals surface area contributed by atoms with Crippen molar-refractivity contribution in [1.29, 1.82) is 0 Å². The number of benzene rings is 3. The zero-order valence-corrected chi connectivity index (χ0v) is 19.9. The van der Waals surface area contributed by atoms with E-state index in [0.717, 1.165) is 17.5 Å². The molecule has 6 nitrogen and oxygen atoms in total. The summed E-state index contributed by atoms with van der Waals surface area (Å²) in [4.78, 5) is 25.1. The molecule has 3 aromatic carbocycles. The van der Waals surface area contributed by atoms with Crippen LogP contribution in [0.1, 0.15) is 23.6 Å². The molecule has 4 aromatic rings. The van der Waals surface area contributed by atoms with Crippen molar-refractivity contribution in [2.45, 2.75) is 27.2 Å². The van der Waals surface area contributed by atoms with Gasteiger partial charge in [-0.15, -0.1) is 0 Å². The first-order valence-corrected chi connectivity index (χ1v) is 11.2. The van der Waals surface area contributed by atoms with Crippen LogP contribution in [-0.4, -0.2) is 12.5 Å². The molecule has 4 rings (SSSR count). The van der Waals surface area contributed by atoms with Crippen molar-refractivity contribution in [1.82, 2.24) is 0 Å². The van der Waals surface area contributed by atoms with Crippen LogP contribution in [0.2, 0.25) is 5.02 Å². The number of aryl methyl sites for hydroxylation is 3. The first kappa shape index (κ1) is 23.4. The van der Waals surface area contributed by atoms with Crippen molar-refractivity contribution in [3.05, 3.63) is 92.8 Å². The van der Waals surface area contributed by atoms with E-state index in [2.05, 4.69) is 12.2 Å². The molecule has 0 atom stereocenters. The van der Waals surface area contributed by atoms with E-state index in [-0.39, 0.29) is 23.7 Å². The van der Waals surface area contributed by atoms with Crippen molar-refractivity contribution >= 4 is 34.2 Å². The lowest BCUT2D eigenvalue weighted by molar-refractivity contribution is -0.118. The maximum absolute atomic E-state index is 12.9. The van der Waals surface area contributed by atoms with Crippen LogP contribution in [0.15, 0.2) is 70.1 Å². The Morgan fingerprint density at radius 2 is 1.71 bits per heavy atom. The van der Waals surface area contributed by atoms with Crippen molar-refractivity contribution < 1.29 is 18.7 Å². The Hall–Kier alpha value is -3.77. The monoisotopic (exact) mass is 477 g/mol. The van der Waals surface area contributed by atoms with Gasteiger partial charge < -0.3 is 19.2 Å². The number of hydrogen-bond acceptors (Lipinski definition) is 5. The minimum absolute atomic E-state index is 0.0655. The molecule has 0 bridgehead atoms. The molecule has 0 saturated carbocycles. The fraction of sp³-hybridized carbons (Fsp3) is 0.185. The van der Waals surface area contributed by atoms with Gasteiger partial charge in [0.05, 0.1) is 5.39 Å². The number of nitrogens with one attached hydrogen (secondary N) is 1. The number of fused-ring (bicyclic) bond motifs is 1. The lowest BCUT2D eigenvalue weighted by Crippen LogP contribution is -2.20. The minimum atomic E-state index is -0.314. The van der Waals surface area contributed by atoms with Crippen LogP contribution in [0.3, 0.4) is 0 Å². The lowest BCUT2D eigenvalue weighted by Gasteiger charge is -2.10. The van der Waals surface area contributed by atoms with Gasteiger partial charge in [0.2, 0.25) is 11.2 Å². The molecule has 0 spiro atoms. The lowest BCUT2D eigenvalue weighted by atomic mass is 10.1. The van der Waals surface area contributed by atoms with Gasteiger partial charge in [-0.05, 0) is 73.4 Å². The van der Waals surface area contributed by atoms with Crippen molar-refractivity contribution in [2.75, 3.05) is 11.9 Å². The zero-order chi connectivity index (χ0) is 24.2. The topological polar surface area (TPSA) is 77.8 Å². The fourth-order valence-corrected chi connectivity index (χ4v) is 3.62. The highest BCUT2D eigenvalue weighted by atomic mass is 35.5. The van der Waals surface area contributed by atoms with E-state index in [9.17, 15) is 9.59 Å². The van der Waals surface area contributed by atoms with Gasteiger partial charge in [0.15, 0.2) is 6.61 Å². The summed E-state index contributed by atoms with van der Waals surface area (Å²) in [5.74, 6) is 0.685. The Morgan fingerprint density at radius 1 is 1.00 bits per heavy atom. The van der Waals surface area contributed by atoms with Gasteiger partial charge in [-0.2, -0.15) is 0 Å². The molecular formula is C27H24ClNO5. The van der Waals surface area contributed by atoms with E-state index in [1.54, 1.807) is 30.3 Å². The molecule has 7 heteroatoms. The molecule has 0 fully saturated rings. The van der Waals surface area contributed by atoms with Crippen LogP contribution >= 0.6 is 11.6 Å². The van der Waals surface area contributed by atoms with Crippen LogP contribution in [0.4, 0.5) is 5.69 Å². The zero-order valence-electron chi connectivity index (χ0n) is 19.1. The molecule has 34 heavy (non-hydrogen) atoms. The number of carbonyl (C=O) groups is 1. The molecule has 0 unspecified atom stereocenters. The third-order valence-electron chi connectivity index (χ3n) is 5.37. The van der Waals surface area contributed by atoms with Gasteiger partial charge in [-0.3, -0.25) is 9.59 Å². The summed E-state index contributed by atoms with van der Waals surface area (Å²) < 4.78 is 17.0. The average Bonchev–Trinajstić information content (AvgIpc) is 2.83. The molecule has 0 radical (unpaired) electrons. The highest BCUT2D eigenvalue weighted by Gasteiger charge is 2.12. The molecule has 1 heterocycles. The number of carbonyl (C=O) groups excluding carboxylic acids is 1. The standard InChI is InChI=1S/C27H24ClNO5/c1-4-18-5-7-19(8-6-18)29-25(30)15-32-20-9-10-22-23(13-20)33-14-24(27(22)31)34-21-11-16(2)26(28)17(3)12-21/h5-14H,4,15H2,1-3H3,(H,29,30). The molecule has 0 aliphatic rings. The summed E-state index contributed by atoms with van der Waals surface area (Å²) in [6.45, 7) is 5.63. The molecule has 1 aromatic heterocycles. The van der Waals surface area contributed by atoms with Gasteiger partial charge in [-0.25, -0.2) is 0 Å². The van der Waals surface area contributed by atoms with Crippen molar-refractivity contribution in [2.24, 2.45) is 0 Å². The van der Waals surface area contributed by atoms with Crippen LogP contribution < -0.4 is 20.2 Å². The first-order chi connectivity index (χ1) is 16.3. The molecule has 0 aliphatic heterocycles. The normalized spacial score (nSPS) is 10.8. The molecule has 1 N–H and O–H groups in total. The summed E-state index contributed by atoms with van der Waals surface area (Å²) >= 11 is 6.20. The average molecular weight is 478 g/mol. The second kappa shape index (κ2) is 10.0. The Balaban J connectivity index is 1.44. The number of amides is 1. The highest BCUT2D eigenvalue weighted by molar-refractivity contribution is 6.32. The largest absolute Gasteiger partial charge is 0.484 e. The summed E-state index contributed by atoms with van der Waals surface area (Å²) in [7, 11) is 0. The van der Waals surface area contributed by atoms with Gasteiger partial charge in [0, 0.05) is 16.8 Å². The highest BCUT2D eigenvalue weighted by Crippen LogP contribution is 2.29. The predicted molar refractivity (Wildman–Crippen MR) is 133 cm³/mol.